The number of hydrogen-bond donors (Lipinski definition) is 0. The minimum Gasteiger partial charge on any atom is -0.347 e. The predicted molar refractivity (Wildman–Crippen MR) is 107 cm³/mol. The van der Waals surface area contributed by atoms with Crippen molar-refractivity contribution in [1.29, 1.82) is 0 Å². The number of hydrogen-bond acceptors (Lipinski definition) is 4. The molecule has 1 saturated heterocycles. The van der Waals surface area contributed by atoms with Crippen molar-refractivity contribution in [2.45, 2.75) is 37.5 Å². The van der Waals surface area contributed by atoms with E-state index in [-0.39, 0.29) is 5.41 Å². The molecule has 0 radical (unpaired) electrons. The minimum atomic E-state index is 0.0853. The number of likely N-dealkylation sites (N-methyl/N-ethyl adjacent to an activating group) is 1. The van der Waals surface area contributed by atoms with Crippen molar-refractivity contribution >= 4 is 28.1 Å². The second-order valence-electron chi connectivity index (χ2n) is 7.46. The topological polar surface area (TPSA) is 19.4 Å². The molecule has 2 fully saturated rings. The lowest BCUT2D eigenvalue weighted by Gasteiger charge is -2.28. The molecule has 1 aromatic carbocycles. The molecule has 3 nitrogen and oxygen atoms in total. The van der Waals surface area contributed by atoms with Crippen molar-refractivity contribution in [3.05, 3.63) is 45.9 Å². The molecular weight excluding hydrogens is 350 g/mol. The van der Waals surface area contributed by atoms with Crippen molar-refractivity contribution in [3.63, 3.8) is 0 Å². The van der Waals surface area contributed by atoms with E-state index in [1.807, 2.05) is 23.5 Å². The highest BCUT2D eigenvalue weighted by atomic mass is 35.5. The summed E-state index contributed by atoms with van der Waals surface area (Å²) < 4.78 is 0. The summed E-state index contributed by atoms with van der Waals surface area (Å²) in [4.78, 5) is 10.0. The Labute approximate surface area is 159 Å². The molecule has 4 rings (SSSR count). The van der Waals surface area contributed by atoms with Gasteiger partial charge in [0, 0.05) is 35.5 Å². The van der Waals surface area contributed by atoms with Crippen molar-refractivity contribution in [1.82, 2.24) is 9.88 Å². The van der Waals surface area contributed by atoms with Crippen LogP contribution < -0.4 is 4.90 Å². The molecule has 2 aromatic rings. The highest BCUT2D eigenvalue weighted by molar-refractivity contribution is 7.13. The fraction of sp³-hybridized carbons (Fsp3) is 0.550. The van der Waals surface area contributed by atoms with Gasteiger partial charge in [-0.05, 0) is 50.6 Å². The molecule has 0 spiro atoms. The number of aromatic nitrogens is 1. The van der Waals surface area contributed by atoms with Crippen LogP contribution in [0.15, 0.2) is 29.6 Å². The van der Waals surface area contributed by atoms with Gasteiger partial charge >= 0.3 is 0 Å². The van der Waals surface area contributed by atoms with Crippen LogP contribution in [0.4, 0.5) is 5.13 Å². The normalized spacial score (nSPS) is 21.4. The van der Waals surface area contributed by atoms with E-state index in [0.29, 0.717) is 0 Å². The zero-order valence-electron chi connectivity index (χ0n) is 14.9. The van der Waals surface area contributed by atoms with Crippen LogP contribution in [0.3, 0.4) is 0 Å². The van der Waals surface area contributed by atoms with Gasteiger partial charge in [-0.15, -0.1) is 11.3 Å². The standard InChI is InChI=1S/C20H26ClN3S/c1-23-11-4-12-24(14-13-23)19-22-18(15-25-19)20(9-2-3-10-20)16-5-7-17(21)8-6-16/h5-8,15H,2-4,9-14H2,1H3. The average molecular weight is 376 g/mol. The van der Waals surface area contributed by atoms with Crippen LogP contribution in [-0.2, 0) is 5.41 Å². The van der Waals surface area contributed by atoms with Gasteiger partial charge in [-0.25, -0.2) is 4.98 Å². The zero-order valence-corrected chi connectivity index (χ0v) is 16.5. The first-order chi connectivity index (χ1) is 12.2. The zero-order chi connectivity index (χ0) is 17.3. The molecule has 2 aliphatic rings. The second-order valence-corrected chi connectivity index (χ2v) is 8.73. The molecule has 134 valence electrons. The summed E-state index contributed by atoms with van der Waals surface area (Å²) in [6, 6.07) is 8.45. The molecule has 1 saturated carbocycles. The van der Waals surface area contributed by atoms with E-state index in [1.165, 1.54) is 55.0 Å². The van der Waals surface area contributed by atoms with Gasteiger partial charge in [0.1, 0.15) is 0 Å². The first-order valence-corrected chi connectivity index (χ1v) is 10.6. The smallest absolute Gasteiger partial charge is 0.185 e. The Morgan fingerprint density at radius 2 is 1.76 bits per heavy atom. The van der Waals surface area contributed by atoms with Crippen LogP contribution in [0.5, 0.6) is 0 Å². The quantitative estimate of drug-likeness (QED) is 0.768. The third kappa shape index (κ3) is 3.44. The van der Waals surface area contributed by atoms with Gasteiger partial charge in [-0.3, -0.25) is 0 Å². The fourth-order valence-corrected chi connectivity index (χ4v) is 5.41. The number of thiazole rings is 1. The van der Waals surface area contributed by atoms with E-state index < -0.39 is 0 Å². The molecule has 0 bridgehead atoms. The summed E-state index contributed by atoms with van der Waals surface area (Å²) in [5.41, 5.74) is 2.73. The first kappa shape index (κ1) is 17.3. The maximum atomic E-state index is 6.12. The van der Waals surface area contributed by atoms with Crippen LogP contribution in [0.2, 0.25) is 5.02 Å². The van der Waals surface area contributed by atoms with E-state index in [2.05, 4.69) is 34.4 Å². The Morgan fingerprint density at radius 1 is 1.00 bits per heavy atom. The lowest BCUT2D eigenvalue weighted by atomic mass is 9.76. The molecule has 2 heterocycles. The van der Waals surface area contributed by atoms with Gasteiger partial charge in [-0.2, -0.15) is 0 Å². The van der Waals surface area contributed by atoms with Gasteiger partial charge in [0.25, 0.3) is 0 Å². The van der Waals surface area contributed by atoms with E-state index >= 15 is 0 Å². The number of nitrogens with zero attached hydrogens (tertiary/aromatic N) is 3. The Hall–Kier alpha value is -1.10. The Morgan fingerprint density at radius 3 is 2.52 bits per heavy atom. The maximum absolute atomic E-state index is 6.12. The average Bonchev–Trinajstić information content (AvgIpc) is 3.24. The van der Waals surface area contributed by atoms with Crippen LogP contribution in [-0.4, -0.2) is 43.1 Å². The van der Waals surface area contributed by atoms with Crippen molar-refractivity contribution in [2.24, 2.45) is 0 Å². The van der Waals surface area contributed by atoms with E-state index in [9.17, 15) is 0 Å². The molecule has 25 heavy (non-hydrogen) atoms. The van der Waals surface area contributed by atoms with Crippen LogP contribution >= 0.6 is 22.9 Å². The SMILES string of the molecule is CN1CCCN(c2nc(C3(c4ccc(Cl)cc4)CCCC3)cs2)CC1. The van der Waals surface area contributed by atoms with Gasteiger partial charge in [0.15, 0.2) is 5.13 Å². The molecule has 0 unspecified atom stereocenters. The Kier molecular flexibility index (Phi) is 5.03. The highest BCUT2D eigenvalue weighted by Gasteiger charge is 2.39. The van der Waals surface area contributed by atoms with E-state index in [0.717, 1.165) is 24.7 Å². The van der Waals surface area contributed by atoms with Gasteiger partial charge < -0.3 is 9.80 Å². The molecule has 5 heteroatoms. The molecule has 1 aliphatic carbocycles. The lowest BCUT2D eigenvalue weighted by Crippen LogP contribution is -2.29. The molecular formula is C20H26ClN3S. The highest BCUT2D eigenvalue weighted by Crippen LogP contribution is 2.47. The molecule has 0 amide bonds. The van der Waals surface area contributed by atoms with Crippen molar-refractivity contribution in [2.75, 3.05) is 38.1 Å². The van der Waals surface area contributed by atoms with Gasteiger partial charge in [0.05, 0.1) is 5.69 Å². The number of halogens is 1. The van der Waals surface area contributed by atoms with E-state index in [4.69, 9.17) is 16.6 Å². The van der Waals surface area contributed by atoms with Crippen LogP contribution in [0, 0.1) is 0 Å². The fourth-order valence-electron chi connectivity index (χ4n) is 4.31. The summed E-state index contributed by atoms with van der Waals surface area (Å²) in [6.07, 6.45) is 6.17. The van der Waals surface area contributed by atoms with Gasteiger partial charge in [-0.1, -0.05) is 36.6 Å². The summed E-state index contributed by atoms with van der Waals surface area (Å²) in [5, 5.41) is 4.32. The second kappa shape index (κ2) is 7.26. The molecule has 1 aromatic heterocycles. The molecule has 1 aliphatic heterocycles. The maximum Gasteiger partial charge on any atom is 0.185 e. The first-order valence-electron chi connectivity index (χ1n) is 9.33. The monoisotopic (exact) mass is 375 g/mol. The molecule has 0 atom stereocenters. The summed E-state index contributed by atoms with van der Waals surface area (Å²) >= 11 is 7.94. The summed E-state index contributed by atoms with van der Waals surface area (Å²) in [5.74, 6) is 0. The third-order valence-electron chi connectivity index (χ3n) is 5.83. The Balaban J connectivity index is 1.63. The Bertz CT molecular complexity index is 706. The number of rotatable bonds is 3. The van der Waals surface area contributed by atoms with Gasteiger partial charge in [0.2, 0.25) is 0 Å². The third-order valence-corrected chi connectivity index (χ3v) is 6.98. The van der Waals surface area contributed by atoms with Crippen molar-refractivity contribution < 1.29 is 0 Å². The predicted octanol–water partition coefficient (Wildman–Crippen LogP) is 4.80. The number of anilines is 1. The van der Waals surface area contributed by atoms with Crippen LogP contribution in [0.1, 0.15) is 43.4 Å². The summed E-state index contributed by atoms with van der Waals surface area (Å²) in [7, 11) is 2.21. The summed E-state index contributed by atoms with van der Waals surface area (Å²) in [6.45, 7) is 4.50. The van der Waals surface area contributed by atoms with E-state index in [1.54, 1.807) is 0 Å². The largest absolute Gasteiger partial charge is 0.347 e. The van der Waals surface area contributed by atoms with Crippen molar-refractivity contribution in [3.8, 4) is 0 Å². The molecule has 0 N–H and O–H groups in total. The minimum absolute atomic E-state index is 0.0853. The lowest BCUT2D eigenvalue weighted by molar-refractivity contribution is 0.360. The number of benzene rings is 1. The van der Waals surface area contributed by atoms with Crippen LogP contribution in [0.25, 0.3) is 0 Å².